The van der Waals surface area contributed by atoms with Gasteiger partial charge in [-0.1, -0.05) is 0 Å². The van der Waals surface area contributed by atoms with Crippen molar-refractivity contribution in [1.82, 2.24) is 14.5 Å². The summed E-state index contributed by atoms with van der Waals surface area (Å²) in [5.41, 5.74) is 0.492. The SMILES string of the molecule is CC(C)N1CCOC(Cn2cnc(C#N)c2C#N)C1. The first-order chi connectivity index (χ1) is 9.15. The third kappa shape index (κ3) is 2.93. The molecule has 6 nitrogen and oxygen atoms in total. The summed E-state index contributed by atoms with van der Waals surface area (Å²) < 4.78 is 7.42. The van der Waals surface area contributed by atoms with Gasteiger partial charge in [-0.15, -0.1) is 0 Å². The Morgan fingerprint density at radius 3 is 2.89 bits per heavy atom. The fraction of sp³-hybridized carbons (Fsp3) is 0.615. The molecule has 1 atom stereocenters. The Kier molecular flexibility index (Phi) is 4.16. The van der Waals surface area contributed by atoms with Gasteiger partial charge in [0.25, 0.3) is 0 Å². The Morgan fingerprint density at radius 2 is 2.26 bits per heavy atom. The number of nitrogens with zero attached hydrogens (tertiary/aromatic N) is 5. The predicted molar refractivity (Wildman–Crippen MR) is 68.1 cm³/mol. The Morgan fingerprint density at radius 1 is 1.47 bits per heavy atom. The quantitative estimate of drug-likeness (QED) is 0.800. The summed E-state index contributed by atoms with van der Waals surface area (Å²) in [5, 5.41) is 17.9. The highest BCUT2D eigenvalue weighted by atomic mass is 16.5. The average molecular weight is 259 g/mol. The van der Waals surface area contributed by atoms with Crippen molar-refractivity contribution in [3.05, 3.63) is 17.7 Å². The lowest BCUT2D eigenvalue weighted by molar-refractivity contribution is -0.0456. The molecule has 1 aromatic heterocycles. The van der Waals surface area contributed by atoms with E-state index >= 15 is 0 Å². The van der Waals surface area contributed by atoms with E-state index in [4.69, 9.17) is 15.3 Å². The van der Waals surface area contributed by atoms with E-state index in [1.54, 1.807) is 4.57 Å². The van der Waals surface area contributed by atoms with Crippen LogP contribution in [0, 0.1) is 22.7 Å². The molecule has 1 saturated heterocycles. The van der Waals surface area contributed by atoms with Crippen molar-refractivity contribution in [3.63, 3.8) is 0 Å². The third-order valence-corrected chi connectivity index (χ3v) is 3.35. The van der Waals surface area contributed by atoms with Gasteiger partial charge in [0.1, 0.15) is 12.1 Å². The molecule has 1 aromatic rings. The molecule has 6 heteroatoms. The zero-order chi connectivity index (χ0) is 13.8. The lowest BCUT2D eigenvalue weighted by Crippen LogP contribution is -2.47. The molecule has 0 aromatic carbocycles. The van der Waals surface area contributed by atoms with Crippen molar-refractivity contribution in [3.8, 4) is 12.1 Å². The van der Waals surface area contributed by atoms with Crippen molar-refractivity contribution in [2.45, 2.75) is 32.5 Å². The van der Waals surface area contributed by atoms with Crippen LogP contribution in [-0.2, 0) is 11.3 Å². The molecule has 0 N–H and O–H groups in total. The van der Waals surface area contributed by atoms with Crippen LogP contribution in [-0.4, -0.2) is 46.3 Å². The summed E-state index contributed by atoms with van der Waals surface area (Å²) in [7, 11) is 0. The average Bonchev–Trinajstić information content (AvgIpc) is 2.80. The molecule has 0 bridgehead atoms. The van der Waals surface area contributed by atoms with Crippen LogP contribution < -0.4 is 0 Å². The first-order valence-electron chi connectivity index (χ1n) is 6.36. The minimum atomic E-state index is 0.0315. The molecular weight excluding hydrogens is 242 g/mol. The Hall–Kier alpha value is -1.89. The van der Waals surface area contributed by atoms with Crippen molar-refractivity contribution in [2.24, 2.45) is 0 Å². The molecule has 1 aliphatic rings. The van der Waals surface area contributed by atoms with Crippen LogP contribution in [0.15, 0.2) is 6.33 Å². The molecule has 0 amide bonds. The van der Waals surface area contributed by atoms with E-state index < -0.39 is 0 Å². The molecule has 0 radical (unpaired) electrons. The van der Waals surface area contributed by atoms with Gasteiger partial charge in [-0.05, 0) is 13.8 Å². The molecule has 2 rings (SSSR count). The predicted octanol–water partition coefficient (Wildman–Crippen LogP) is 0.736. The van der Waals surface area contributed by atoms with Gasteiger partial charge in [0.2, 0.25) is 0 Å². The summed E-state index contributed by atoms with van der Waals surface area (Å²) in [6, 6.07) is 4.44. The normalized spacial score (nSPS) is 20.2. The van der Waals surface area contributed by atoms with Gasteiger partial charge >= 0.3 is 0 Å². The van der Waals surface area contributed by atoms with Crippen LogP contribution in [0.3, 0.4) is 0 Å². The number of morpholine rings is 1. The van der Waals surface area contributed by atoms with E-state index in [0.717, 1.165) is 13.1 Å². The second kappa shape index (κ2) is 5.83. The Labute approximate surface area is 112 Å². The standard InChI is InChI=1S/C13H17N5O/c1-10(2)17-3-4-19-11(7-17)8-18-9-16-12(5-14)13(18)6-15/h9-11H,3-4,7-8H2,1-2H3. The molecule has 0 spiro atoms. The highest BCUT2D eigenvalue weighted by molar-refractivity contribution is 5.36. The van der Waals surface area contributed by atoms with Crippen LogP contribution in [0.1, 0.15) is 25.2 Å². The number of aromatic nitrogens is 2. The maximum atomic E-state index is 9.08. The van der Waals surface area contributed by atoms with E-state index in [0.29, 0.717) is 24.9 Å². The van der Waals surface area contributed by atoms with Crippen molar-refractivity contribution in [1.29, 1.82) is 10.5 Å². The molecule has 19 heavy (non-hydrogen) atoms. The van der Waals surface area contributed by atoms with Gasteiger partial charge in [0, 0.05) is 19.1 Å². The van der Waals surface area contributed by atoms with Gasteiger partial charge in [-0.2, -0.15) is 10.5 Å². The van der Waals surface area contributed by atoms with E-state index in [2.05, 4.69) is 23.7 Å². The van der Waals surface area contributed by atoms with Gasteiger partial charge < -0.3 is 9.30 Å². The first kappa shape index (κ1) is 13.5. The first-order valence-corrected chi connectivity index (χ1v) is 6.36. The summed E-state index contributed by atoms with van der Waals surface area (Å²) >= 11 is 0. The molecule has 100 valence electrons. The second-order valence-corrected chi connectivity index (χ2v) is 4.90. The monoisotopic (exact) mass is 259 g/mol. The van der Waals surface area contributed by atoms with Crippen LogP contribution in [0.5, 0.6) is 0 Å². The Balaban J connectivity index is 2.08. The number of nitriles is 2. The summed E-state index contributed by atoms with van der Waals surface area (Å²) in [5.74, 6) is 0. The molecule has 1 fully saturated rings. The Bertz CT molecular complexity index is 522. The second-order valence-electron chi connectivity index (χ2n) is 4.90. The number of hydrogen-bond acceptors (Lipinski definition) is 5. The maximum Gasteiger partial charge on any atom is 0.176 e. The van der Waals surface area contributed by atoms with Crippen LogP contribution in [0.2, 0.25) is 0 Å². The lowest BCUT2D eigenvalue weighted by atomic mass is 10.2. The molecule has 1 unspecified atom stereocenters. The fourth-order valence-electron chi connectivity index (χ4n) is 2.26. The lowest BCUT2D eigenvalue weighted by Gasteiger charge is -2.35. The summed E-state index contributed by atoms with van der Waals surface area (Å²) in [6.07, 6.45) is 1.57. The van der Waals surface area contributed by atoms with Crippen LogP contribution in [0.4, 0.5) is 0 Å². The van der Waals surface area contributed by atoms with Crippen molar-refractivity contribution < 1.29 is 4.74 Å². The van der Waals surface area contributed by atoms with Crippen molar-refractivity contribution >= 4 is 0 Å². The van der Waals surface area contributed by atoms with Crippen molar-refractivity contribution in [2.75, 3.05) is 19.7 Å². The number of ether oxygens (including phenoxy) is 1. The third-order valence-electron chi connectivity index (χ3n) is 3.35. The smallest absolute Gasteiger partial charge is 0.176 e. The highest BCUT2D eigenvalue weighted by Crippen LogP contribution is 2.13. The van der Waals surface area contributed by atoms with Gasteiger partial charge in [-0.3, -0.25) is 4.90 Å². The zero-order valence-corrected chi connectivity index (χ0v) is 11.2. The zero-order valence-electron chi connectivity index (χ0n) is 11.2. The van der Waals surface area contributed by atoms with Gasteiger partial charge in [0.15, 0.2) is 11.4 Å². The minimum Gasteiger partial charge on any atom is -0.374 e. The number of imidazole rings is 1. The molecule has 0 saturated carbocycles. The number of rotatable bonds is 3. The van der Waals surface area contributed by atoms with E-state index in [1.165, 1.54) is 6.33 Å². The van der Waals surface area contributed by atoms with E-state index in [1.807, 2.05) is 12.1 Å². The van der Waals surface area contributed by atoms with Crippen LogP contribution >= 0.6 is 0 Å². The summed E-state index contributed by atoms with van der Waals surface area (Å²) in [6.45, 7) is 7.35. The topological polar surface area (TPSA) is 77.9 Å². The number of hydrogen-bond donors (Lipinski definition) is 0. The minimum absolute atomic E-state index is 0.0315. The van der Waals surface area contributed by atoms with Crippen LogP contribution in [0.25, 0.3) is 0 Å². The van der Waals surface area contributed by atoms with E-state index in [-0.39, 0.29) is 11.8 Å². The maximum absolute atomic E-state index is 9.08. The summed E-state index contributed by atoms with van der Waals surface area (Å²) in [4.78, 5) is 6.28. The fourth-order valence-corrected chi connectivity index (χ4v) is 2.26. The highest BCUT2D eigenvalue weighted by Gasteiger charge is 2.23. The largest absolute Gasteiger partial charge is 0.374 e. The van der Waals surface area contributed by atoms with Gasteiger partial charge in [0.05, 0.1) is 25.6 Å². The van der Waals surface area contributed by atoms with Gasteiger partial charge in [-0.25, -0.2) is 4.98 Å². The molecule has 2 heterocycles. The molecule has 0 aliphatic carbocycles. The molecule has 1 aliphatic heterocycles. The molecular formula is C13H17N5O. The van der Waals surface area contributed by atoms with E-state index in [9.17, 15) is 0 Å².